The highest BCUT2D eigenvalue weighted by molar-refractivity contribution is 7.90. The summed E-state index contributed by atoms with van der Waals surface area (Å²) < 4.78 is 26.4. The Kier molecular flexibility index (Phi) is 7.76. The van der Waals surface area contributed by atoms with E-state index in [9.17, 15) is 22.8 Å². The van der Waals surface area contributed by atoms with Crippen molar-refractivity contribution in [2.75, 3.05) is 6.54 Å². The Bertz CT molecular complexity index is 1190. The summed E-state index contributed by atoms with van der Waals surface area (Å²) in [6.07, 6.45) is 0.166. The number of rotatable bonds is 9. The molecule has 8 nitrogen and oxygen atoms in total. The third kappa shape index (κ3) is 5.14. The van der Waals surface area contributed by atoms with Gasteiger partial charge in [-0.2, -0.15) is 0 Å². The fourth-order valence-electron chi connectivity index (χ4n) is 4.06. The van der Waals surface area contributed by atoms with Crippen molar-refractivity contribution in [3.63, 3.8) is 0 Å². The van der Waals surface area contributed by atoms with E-state index < -0.39 is 27.9 Å². The fourth-order valence-corrected chi connectivity index (χ4v) is 5.63. The molecule has 3 amide bonds. The number of nitrogens with one attached hydrogen (secondary N) is 1. The molecule has 2 aromatic carbocycles. The third-order valence-corrected chi connectivity index (χ3v) is 7.70. The zero-order valence-electron chi connectivity index (χ0n) is 19.9. The number of aryl methyl sites for hydroxylation is 1. The van der Waals surface area contributed by atoms with Gasteiger partial charge in [-0.15, -0.1) is 0 Å². The maximum Gasteiger partial charge on any atom is 0.269 e. The molecule has 1 atom stereocenters. The molecule has 1 N–H and O–H groups in total. The number of hydrogen-bond donors (Lipinski definition) is 1. The second-order valence-corrected chi connectivity index (χ2v) is 10.5. The lowest BCUT2D eigenvalue weighted by Gasteiger charge is -2.32. The maximum absolute atomic E-state index is 13.4. The Morgan fingerprint density at radius 2 is 1.71 bits per heavy atom. The minimum Gasteiger partial charge on any atom is -0.352 e. The molecule has 0 bridgehead atoms. The first kappa shape index (κ1) is 25.4. The number of carbonyl (C=O) groups is 3. The lowest BCUT2D eigenvalue weighted by molar-refractivity contribution is -0.141. The lowest BCUT2D eigenvalue weighted by atomic mass is 10.1. The Morgan fingerprint density at radius 3 is 2.32 bits per heavy atom. The molecule has 1 heterocycles. The quantitative estimate of drug-likeness (QED) is 0.588. The SMILES string of the molecule is CCC(C(=O)NC(C)C)N(Cc1ccccc1C)C(=O)CCN1C(=O)c2ccccc2S1(=O)=O. The number of fused-ring (bicyclic) bond motifs is 1. The van der Waals surface area contributed by atoms with Gasteiger partial charge in [0, 0.05) is 25.6 Å². The maximum atomic E-state index is 13.4. The number of hydrogen-bond acceptors (Lipinski definition) is 5. The van der Waals surface area contributed by atoms with Crippen LogP contribution in [0.5, 0.6) is 0 Å². The summed E-state index contributed by atoms with van der Waals surface area (Å²) in [5.41, 5.74) is 1.98. The number of nitrogens with zero attached hydrogens (tertiary/aromatic N) is 2. The molecule has 34 heavy (non-hydrogen) atoms. The van der Waals surface area contributed by atoms with Crippen molar-refractivity contribution in [3.8, 4) is 0 Å². The Labute approximate surface area is 201 Å². The summed E-state index contributed by atoms with van der Waals surface area (Å²) >= 11 is 0. The lowest BCUT2D eigenvalue weighted by Crippen LogP contribution is -2.51. The summed E-state index contributed by atoms with van der Waals surface area (Å²) in [4.78, 5) is 40.5. The van der Waals surface area contributed by atoms with E-state index in [0.717, 1.165) is 15.4 Å². The van der Waals surface area contributed by atoms with Gasteiger partial charge in [0.1, 0.15) is 10.9 Å². The Balaban J connectivity index is 1.84. The Hall–Kier alpha value is -3.20. The van der Waals surface area contributed by atoms with Gasteiger partial charge in [-0.25, -0.2) is 12.7 Å². The van der Waals surface area contributed by atoms with E-state index in [-0.39, 0.29) is 41.9 Å². The van der Waals surface area contributed by atoms with Crippen molar-refractivity contribution in [1.29, 1.82) is 0 Å². The average Bonchev–Trinajstić information content (AvgIpc) is 2.98. The van der Waals surface area contributed by atoms with Gasteiger partial charge in [-0.1, -0.05) is 43.3 Å². The van der Waals surface area contributed by atoms with Crippen LogP contribution in [0.4, 0.5) is 0 Å². The molecule has 0 radical (unpaired) electrons. The van der Waals surface area contributed by atoms with E-state index in [1.165, 1.54) is 17.0 Å². The molecule has 182 valence electrons. The second kappa shape index (κ2) is 10.4. The van der Waals surface area contributed by atoms with Gasteiger partial charge in [0.15, 0.2) is 0 Å². The van der Waals surface area contributed by atoms with Crippen LogP contribution in [0.25, 0.3) is 0 Å². The molecular formula is C25H31N3O5S. The summed E-state index contributed by atoms with van der Waals surface area (Å²) in [6.45, 7) is 7.37. The summed E-state index contributed by atoms with van der Waals surface area (Å²) in [5, 5.41) is 2.87. The molecule has 0 fully saturated rings. The van der Waals surface area contributed by atoms with Crippen molar-refractivity contribution in [2.45, 2.75) is 64.1 Å². The van der Waals surface area contributed by atoms with Crippen molar-refractivity contribution < 1.29 is 22.8 Å². The van der Waals surface area contributed by atoms with E-state index in [4.69, 9.17) is 0 Å². The molecule has 9 heteroatoms. The summed E-state index contributed by atoms with van der Waals surface area (Å²) in [5.74, 6) is -1.30. The molecule has 1 aliphatic rings. The zero-order valence-corrected chi connectivity index (χ0v) is 20.8. The monoisotopic (exact) mass is 485 g/mol. The second-order valence-electron chi connectivity index (χ2n) is 8.66. The molecule has 3 rings (SSSR count). The number of benzene rings is 2. The zero-order chi connectivity index (χ0) is 25.0. The van der Waals surface area contributed by atoms with Crippen molar-refractivity contribution in [2.24, 2.45) is 0 Å². The van der Waals surface area contributed by atoms with Crippen LogP contribution in [0.15, 0.2) is 53.4 Å². The topological polar surface area (TPSA) is 104 Å². The smallest absolute Gasteiger partial charge is 0.269 e. The van der Waals surface area contributed by atoms with E-state index in [1.54, 1.807) is 12.1 Å². The third-order valence-electron chi connectivity index (χ3n) is 5.86. The van der Waals surface area contributed by atoms with Crippen LogP contribution in [-0.4, -0.2) is 54.0 Å². The van der Waals surface area contributed by atoms with E-state index >= 15 is 0 Å². The first-order valence-electron chi connectivity index (χ1n) is 11.4. The predicted octanol–water partition coefficient (Wildman–Crippen LogP) is 2.86. The first-order valence-corrected chi connectivity index (χ1v) is 12.8. The molecule has 0 aliphatic carbocycles. The highest BCUT2D eigenvalue weighted by atomic mass is 32.2. The van der Waals surface area contributed by atoms with Crippen LogP contribution in [0.3, 0.4) is 0 Å². The van der Waals surface area contributed by atoms with Crippen LogP contribution in [0.2, 0.25) is 0 Å². The standard InChI is InChI=1S/C25H31N3O5S/c1-5-21(24(30)26-17(2)3)27(16-19-11-7-6-10-18(19)4)23(29)14-15-28-25(31)20-12-8-9-13-22(20)34(28,32)33/h6-13,17,21H,5,14-16H2,1-4H3,(H,26,30). The summed E-state index contributed by atoms with van der Waals surface area (Å²) in [7, 11) is -4.01. The van der Waals surface area contributed by atoms with Gasteiger partial charge in [0.05, 0.1) is 5.56 Å². The molecule has 1 unspecified atom stereocenters. The average molecular weight is 486 g/mol. The van der Waals surface area contributed by atoms with Crippen LogP contribution in [0.1, 0.15) is 55.1 Å². The van der Waals surface area contributed by atoms with E-state index in [0.29, 0.717) is 6.42 Å². The molecule has 0 saturated carbocycles. The highest BCUT2D eigenvalue weighted by Crippen LogP contribution is 2.30. The van der Waals surface area contributed by atoms with E-state index in [2.05, 4.69) is 5.32 Å². The van der Waals surface area contributed by atoms with Crippen molar-refractivity contribution >= 4 is 27.7 Å². The molecule has 0 saturated heterocycles. The van der Waals surface area contributed by atoms with Crippen LogP contribution < -0.4 is 5.32 Å². The van der Waals surface area contributed by atoms with Crippen LogP contribution >= 0.6 is 0 Å². The predicted molar refractivity (Wildman–Crippen MR) is 128 cm³/mol. The normalized spacial score (nSPS) is 15.2. The van der Waals surface area contributed by atoms with Gasteiger partial charge in [-0.05, 0) is 50.5 Å². The van der Waals surface area contributed by atoms with Gasteiger partial charge in [-0.3, -0.25) is 14.4 Å². The fraction of sp³-hybridized carbons (Fsp3) is 0.400. The van der Waals surface area contributed by atoms with Gasteiger partial charge >= 0.3 is 0 Å². The first-order chi connectivity index (χ1) is 16.1. The number of sulfonamides is 1. The molecular weight excluding hydrogens is 454 g/mol. The summed E-state index contributed by atoms with van der Waals surface area (Å²) in [6, 6.07) is 12.8. The van der Waals surface area contributed by atoms with Gasteiger partial charge in [0.2, 0.25) is 11.8 Å². The number of carbonyl (C=O) groups excluding carboxylic acids is 3. The molecule has 2 aromatic rings. The van der Waals surface area contributed by atoms with Gasteiger partial charge in [0.25, 0.3) is 15.9 Å². The van der Waals surface area contributed by atoms with Crippen LogP contribution in [-0.2, 0) is 26.2 Å². The van der Waals surface area contributed by atoms with Crippen molar-refractivity contribution in [1.82, 2.24) is 14.5 Å². The molecule has 0 spiro atoms. The minimum absolute atomic E-state index is 0.0491. The molecule has 0 aromatic heterocycles. The van der Waals surface area contributed by atoms with Gasteiger partial charge < -0.3 is 10.2 Å². The molecule has 1 aliphatic heterocycles. The van der Waals surface area contributed by atoms with Crippen molar-refractivity contribution in [3.05, 3.63) is 65.2 Å². The highest BCUT2D eigenvalue weighted by Gasteiger charge is 2.41. The number of amides is 3. The van der Waals surface area contributed by atoms with E-state index in [1.807, 2.05) is 52.0 Å². The van der Waals surface area contributed by atoms with Crippen LogP contribution in [0, 0.1) is 6.92 Å². The largest absolute Gasteiger partial charge is 0.352 e. The Morgan fingerprint density at radius 1 is 1.06 bits per heavy atom. The minimum atomic E-state index is -4.01.